The van der Waals surface area contributed by atoms with E-state index in [1.54, 1.807) is 0 Å². The van der Waals surface area contributed by atoms with E-state index in [4.69, 9.17) is 21.1 Å². The predicted octanol–water partition coefficient (Wildman–Crippen LogP) is 1.92. The van der Waals surface area contributed by atoms with Crippen molar-refractivity contribution in [2.75, 3.05) is 52.4 Å². The number of piperazine rings is 1. The van der Waals surface area contributed by atoms with Gasteiger partial charge in [-0.2, -0.15) is 0 Å². The Labute approximate surface area is 226 Å². The van der Waals surface area contributed by atoms with Crippen LogP contribution in [0, 0.1) is 0 Å². The van der Waals surface area contributed by atoms with E-state index in [1.807, 2.05) is 4.90 Å². The number of hydrogen-bond donors (Lipinski definition) is 6. The van der Waals surface area contributed by atoms with E-state index < -0.39 is 29.9 Å². The van der Waals surface area contributed by atoms with Gasteiger partial charge in [-0.15, -0.1) is 0 Å². The van der Waals surface area contributed by atoms with Crippen molar-refractivity contribution in [2.45, 2.75) is 89.5 Å². The maximum atomic E-state index is 11.4. The zero-order valence-corrected chi connectivity index (χ0v) is 22.8. The summed E-state index contributed by atoms with van der Waals surface area (Å²) in [4.78, 5) is 46.6. The molecule has 1 rings (SSSR count). The first-order valence-corrected chi connectivity index (χ1v) is 13.9. The molecule has 12 nitrogen and oxygen atoms in total. The SMILES string of the molecule is NCCCNCCCN1CCN(C(CCCC(=O)O)C(=O)O)CC1.O=C(O)CCCCCCCCC(=O)O. The highest BCUT2D eigenvalue weighted by molar-refractivity contribution is 5.73. The highest BCUT2D eigenvalue weighted by Gasteiger charge is 2.28. The molecule has 0 aliphatic carbocycles. The molecule has 222 valence electrons. The van der Waals surface area contributed by atoms with Crippen LogP contribution in [0.15, 0.2) is 0 Å². The summed E-state index contributed by atoms with van der Waals surface area (Å²) in [6.45, 7) is 6.85. The summed E-state index contributed by atoms with van der Waals surface area (Å²) in [6.07, 6.45) is 8.72. The molecule has 1 aliphatic heterocycles. The van der Waals surface area contributed by atoms with E-state index in [0.29, 0.717) is 19.4 Å². The van der Waals surface area contributed by atoms with E-state index in [1.165, 1.54) is 0 Å². The molecular formula is C26H50N4O8. The number of aliphatic carboxylic acids is 4. The molecule has 1 aliphatic rings. The van der Waals surface area contributed by atoms with E-state index in [0.717, 1.165) is 97.2 Å². The number of carboxylic acids is 4. The fraction of sp³-hybridized carbons (Fsp3) is 0.846. The van der Waals surface area contributed by atoms with Crippen LogP contribution in [0.2, 0.25) is 0 Å². The predicted molar refractivity (Wildman–Crippen MR) is 144 cm³/mol. The summed E-state index contributed by atoms with van der Waals surface area (Å²) in [5.74, 6) is -3.20. The monoisotopic (exact) mass is 546 g/mol. The second-order valence-corrected chi connectivity index (χ2v) is 9.67. The van der Waals surface area contributed by atoms with Gasteiger partial charge in [0.05, 0.1) is 0 Å². The van der Waals surface area contributed by atoms with E-state index in [9.17, 15) is 24.3 Å². The number of nitrogens with two attached hydrogens (primary N) is 1. The molecule has 7 N–H and O–H groups in total. The fourth-order valence-electron chi connectivity index (χ4n) is 4.25. The molecule has 1 heterocycles. The van der Waals surface area contributed by atoms with Gasteiger partial charge in [-0.05, 0) is 64.7 Å². The third kappa shape index (κ3) is 21.8. The number of nitrogens with zero attached hydrogens (tertiary/aromatic N) is 2. The molecule has 1 saturated heterocycles. The average molecular weight is 547 g/mol. The molecular weight excluding hydrogens is 496 g/mol. The van der Waals surface area contributed by atoms with Gasteiger partial charge in [0.15, 0.2) is 0 Å². The minimum atomic E-state index is -0.871. The van der Waals surface area contributed by atoms with Crippen molar-refractivity contribution in [1.82, 2.24) is 15.1 Å². The number of carboxylic acid groups (broad SMARTS) is 4. The summed E-state index contributed by atoms with van der Waals surface area (Å²) in [5, 5.41) is 38.1. The normalized spacial score (nSPS) is 14.9. The van der Waals surface area contributed by atoms with Crippen molar-refractivity contribution in [3.63, 3.8) is 0 Å². The smallest absolute Gasteiger partial charge is 0.320 e. The highest BCUT2D eigenvalue weighted by atomic mass is 16.4. The van der Waals surface area contributed by atoms with Crippen LogP contribution in [0.4, 0.5) is 0 Å². The van der Waals surface area contributed by atoms with E-state index >= 15 is 0 Å². The first-order valence-electron chi connectivity index (χ1n) is 13.9. The lowest BCUT2D eigenvalue weighted by Gasteiger charge is -2.37. The molecule has 1 unspecified atom stereocenters. The third-order valence-corrected chi connectivity index (χ3v) is 6.42. The molecule has 1 atom stereocenters. The molecule has 0 aromatic heterocycles. The molecule has 0 spiro atoms. The maximum absolute atomic E-state index is 11.4. The van der Waals surface area contributed by atoms with Crippen LogP contribution >= 0.6 is 0 Å². The van der Waals surface area contributed by atoms with Gasteiger partial charge in [0.1, 0.15) is 6.04 Å². The Kier molecular flexibility index (Phi) is 22.4. The Morgan fingerprint density at radius 3 is 1.61 bits per heavy atom. The molecule has 0 radical (unpaired) electrons. The van der Waals surface area contributed by atoms with Crippen LogP contribution < -0.4 is 11.1 Å². The van der Waals surface area contributed by atoms with Crippen molar-refractivity contribution in [3.05, 3.63) is 0 Å². The van der Waals surface area contributed by atoms with E-state index in [-0.39, 0.29) is 19.3 Å². The minimum Gasteiger partial charge on any atom is -0.481 e. The molecule has 0 aromatic carbocycles. The van der Waals surface area contributed by atoms with Crippen molar-refractivity contribution in [1.29, 1.82) is 0 Å². The Bertz CT molecular complexity index is 637. The lowest BCUT2D eigenvalue weighted by Crippen LogP contribution is -2.52. The number of carbonyl (C=O) groups is 4. The zero-order chi connectivity index (χ0) is 28.6. The average Bonchev–Trinajstić information content (AvgIpc) is 2.86. The Hall–Kier alpha value is -2.28. The number of nitrogens with one attached hydrogen (secondary N) is 1. The summed E-state index contributed by atoms with van der Waals surface area (Å²) in [5.41, 5.74) is 5.44. The number of rotatable bonds is 22. The fourth-order valence-corrected chi connectivity index (χ4v) is 4.25. The maximum Gasteiger partial charge on any atom is 0.320 e. The van der Waals surface area contributed by atoms with Gasteiger partial charge in [-0.3, -0.25) is 24.1 Å². The van der Waals surface area contributed by atoms with Crippen LogP contribution in [-0.4, -0.2) is 113 Å². The minimum absolute atomic E-state index is 0.0287. The highest BCUT2D eigenvalue weighted by Crippen LogP contribution is 2.13. The van der Waals surface area contributed by atoms with Crippen molar-refractivity contribution in [3.8, 4) is 0 Å². The van der Waals surface area contributed by atoms with Gasteiger partial charge in [0.2, 0.25) is 0 Å². The first-order chi connectivity index (χ1) is 18.2. The number of unbranched alkanes of at least 4 members (excludes halogenated alkanes) is 5. The van der Waals surface area contributed by atoms with Crippen LogP contribution in [0.3, 0.4) is 0 Å². The molecule has 0 saturated carbocycles. The summed E-state index contributed by atoms with van der Waals surface area (Å²) in [6, 6.07) is -0.565. The van der Waals surface area contributed by atoms with Crippen LogP contribution in [-0.2, 0) is 19.2 Å². The second kappa shape index (κ2) is 23.8. The lowest BCUT2D eigenvalue weighted by atomic mass is 10.1. The largest absolute Gasteiger partial charge is 0.481 e. The Balaban J connectivity index is 0.000000835. The third-order valence-electron chi connectivity index (χ3n) is 6.42. The summed E-state index contributed by atoms with van der Waals surface area (Å²) in [7, 11) is 0. The van der Waals surface area contributed by atoms with Gasteiger partial charge in [0.25, 0.3) is 0 Å². The lowest BCUT2D eigenvalue weighted by molar-refractivity contribution is -0.145. The topological polar surface area (TPSA) is 194 Å². The van der Waals surface area contributed by atoms with Crippen molar-refractivity contribution < 1.29 is 39.6 Å². The first kappa shape index (κ1) is 35.7. The zero-order valence-electron chi connectivity index (χ0n) is 22.8. The van der Waals surface area contributed by atoms with Gasteiger partial charge < -0.3 is 36.4 Å². The molecule has 12 heteroatoms. The molecule has 0 bridgehead atoms. The summed E-state index contributed by atoms with van der Waals surface area (Å²) < 4.78 is 0. The van der Waals surface area contributed by atoms with Gasteiger partial charge in [-0.1, -0.05) is 25.7 Å². The van der Waals surface area contributed by atoms with Gasteiger partial charge in [-0.25, -0.2) is 0 Å². The Morgan fingerprint density at radius 2 is 1.13 bits per heavy atom. The summed E-state index contributed by atoms with van der Waals surface area (Å²) >= 11 is 0. The Morgan fingerprint density at radius 1 is 0.658 bits per heavy atom. The van der Waals surface area contributed by atoms with Crippen LogP contribution in [0.1, 0.15) is 83.5 Å². The molecule has 0 amide bonds. The molecule has 38 heavy (non-hydrogen) atoms. The van der Waals surface area contributed by atoms with Crippen molar-refractivity contribution in [2.24, 2.45) is 5.73 Å². The van der Waals surface area contributed by atoms with Crippen LogP contribution in [0.25, 0.3) is 0 Å². The van der Waals surface area contributed by atoms with E-state index in [2.05, 4.69) is 10.2 Å². The molecule has 0 aromatic rings. The van der Waals surface area contributed by atoms with Crippen LogP contribution in [0.5, 0.6) is 0 Å². The molecule has 1 fully saturated rings. The van der Waals surface area contributed by atoms with Crippen molar-refractivity contribution >= 4 is 23.9 Å². The van der Waals surface area contributed by atoms with Gasteiger partial charge >= 0.3 is 23.9 Å². The van der Waals surface area contributed by atoms with Gasteiger partial charge in [0, 0.05) is 45.4 Å². The number of hydrogen-bond acceptors (Lipinski definition) is 8. The second-order valence-electron chi connectivity index (χ2n) is 9.67. The standard InChI is InChI=1S/C16H32N4O4.C10H18O4/c17-6-2-7-18-8-3-9-19-10-12-20(13-11-19)14(16(23)24)4-1-5-15(21)22;11-9(12)7-5-3-1-2-4-6-8-10(13)14/h14,18H,1-13,17H2,(H,21,22)(H,23,24);1-8H2,(H,11,12)(H,13,14). The quantitative estimate of drug-likeness (QED) is 0.108.